The predicted octanol–water partition coefficient (Wildman–Crippen LogP) is 3.77. The van der Waals surface area contributed by atoms with E-state index in [9.17, 15) is 0 Å². The van der Waals surface area contributed by atoms with Crippen molar-refractivity contribution in [3.05, 3.63) is 44.7 Å². The summed E-state index contributed by atoms with van der Waals surface area (Å²) >= 11 is 5.29. The molecule has 0 aliphatic heterocycles. The summed E-state index contributed by atoms with van der Waals surface area (Å²) < 4.78 is 1.16. The third-order valence-electron chi connectivity index (χ3n) is 2.93. The molecule has 2 aromatic rings. The smallest absolute Gasteiger partial charge is 0.126 e. The van der Waals surface area contributed by atoms with Gasteiger partial charge in [0.05, 0.1) is 3.79 Å². The van der Waals surface area contributed by atoms with Crippen molar-refractivity contribution in [3.63, 3.8) is 0 Å². The number of anilines is 1. The van der Waals surface area contributed by atoms with Gasteiger partial charge in [-0.1, -0.05) is 13.0 Å². The zero-order chi connectivity index (χ0) is 13.7. The molecule has 2 rings (SSSR count). The zero-order valence-corrected chi connectivity index (χ0v) is 13.3. The van der Waals surface area contributed by atoms with E-state index in [4.69, 9.17) is 5.73 Å². The van der Waals surface area contributed by atoms with Crippen molar-refractivity contribution in [1.29, 1.82) is 0 Å². The fraction of sp³-hybridized carbons (Fsp3) is 0.357. The summed E-state index contributed by atoms with van der Waals surface area (Å²) in [5.41, 5.74) is 7.03. The van der Waals surface area contributed by atoms with Crippen LogP contribution >= 0.6 is 27.3 Å². The number of hydrogen-bond acceptors (Lipinski definition) is 4. The van der Waals surface area contributed by atoms with Crippen molar-refractivity contribution in [2.75, 3.05) is 12.3 Å². The summed E-state index contributed by atoms with van der Waals surface area (Å²) in [7, 11) is 0. The van der Waals surface area contributed by atoms with E-state index in [-0.39, 0.29) is 0 Å². The Balaban J connectivity index is 2.16. The van der Waals surface area contributed by atoms with Gasteiger partial charge in [0, 0.05) is 17.1 Å². The average molecular weight is 340 g/mol. The molecular formula is C14H18BrN3S. The second-order valence-corrected chi connectivity index (χ2v) is 6.90. The van der Waals surface area contributed by atoms with Crippen molar-refractivity contribution in [1.82, 2.24) is 10.3 Å². The molecule has 2 heterocycles. The SMILES string of the molecule is CCCNC(Cc1cccnc1N)c1ccc(Br)s1. The number of halogens is 1. The van der Waals surface area contributed by atoms with E-state index >= 15 is 0 Å². The first-order valence-corrected chi connectivity index (χ1v) is 7.99. The predicted molar refractivity (Wildman–Crippen MR) is 85.4 cm³/mol. The number of nitrogen functional groups attached to an aromatic ring is 1. The van der Waals surface area contributed by atoms with Gasteiger partial charge in [0.15, 0.2) is 0 Å². The van der Waals surface area contributed by atoms with Crippen molar-refractivity contribution in [2.24, 2.45) is 0 Å². The molecule has 19 heavy (non-hydrogen) atoms. The fourth-order valence-corrected chi connectivity index (χ4v) is 3.45. The highest BCUT2D eigenvalue weighted by atomic mass is 79.9. The molecular weight excluding hydrogens is 322 g/mol. The van der Waals surface area contributed by atoms with E-state index in [0.29, 0.717) is 11.9 Å². The van der Waals surface area contributed by atoms with Gasteiger partial charge in [-0.2, -0.15) is 0 Å². The Morgan fingerprint density at radius 1 is 1.42 bits per heavy atom. The van der Waals surface area contributed by atoms with Crippen molar-refractivity contribution >= 4 is 33.1 Å². The summed E-state index contributed by atoms with van der Waals surface area (Å²) in [5.74, 6) is 0.626. The number of nitrogens with zero attached hydrogens (tertiary/aromatic N) is 1. The maximum atomic E-state index is 5.94. The summed E-state index contributed by atoms with van der Waals surface area (Å²) in [5, 5.41) is 3.58. The first kappa shape index (κ1) is 14.5. The molecule has 2 aromatic heterocycles. The molecule has 0 aliphatic carbocycles. The third-order valence-corrected chi connectivity index (χ3v) is 4.67. The molecule has 5 heteroatoms. The first-order valence-electron chi connectivity index (χ1n) is 6.38. The lowest BCUT2D eigenvalue weighted by atomic mass is 10.1. The van der Waals surface area contributed by atoms with Crippen molar-refractivity contribution in [3.8, 4) is 0 Å². The van der Waals surface area contributed by atoms with Gasteiger partial charge in [-0.05, 0) is 59.1 Å². The number of hydrogen-bond donors (Lipinski definition) is 2. The minimum Gasteiger partial charge on any atom is -0.383 e. The van der Waals surface area contributed by atoms with Crippen LogP contribution in [0.2, 0.25) is 0 Å². The quantitative estimate of drug-likeness (QED) is 0.842. The molecule has 3 nitrogen and oxygen atoms in total. The minimum atomic E-state index is 0.294. The van der Waals surface area contributed by atoms with E-state index in [1.165, 1.54) is 4.88 Å². The molecule has 0 fully saturated rings. The van der Waals surface area contributed by atoms with E-state index in [1.54, 1.807) is 17.5 Å². The molecule has 1 atom stereocenters. The lowest BCUT2D eigenvalue weighted by Gasteiger charge is -2.17. The largest absolute Gasteiger partial charge is 0.383 e. The van der Waals surface area contributed by atoms with Crippen LogP contribution in [0.15, 0.2) is 34.2 Å². The number of pyridine rings is 1. The first-order chi connectivity index (χ1) is 9.20. The van der Waals surface area contributed by atoms with Crippen molar-refractivity contribution in [2.45, 2.75) is 25.8 Å². The number of aromatic nitrogens is 1. The molecule has 0 saturated carbocycles. The van der Waals surface area contributed by atoms with Gasteiger partial charge in [-0.15, -0.1) is 11.3 Å². The average Bonchev–Trinajstić information content (AvgIpc) is 2.83. The molecule has 0 radical (unpaired) electrons. The van der Waals surface area contributed by atoms with E-state index in [0.717, 1.165) is 28.7 Å². The molecule has 0 amide bonds. The number of nitrogens with one attached hydrogen (secondary N) is 1. The van der Waals surface area contributed by atoms with Crippen LogP contribution < -0.4 is 11.1 Å². The van der Waals surface area contributed by atoms with Gasteiger partial charge >= 0.3 is 0 Å². The fourth-order valence-electron chi connectivity index (χ4n) is 1.95. The van der Waals surface area contributed by atoms with Gasteiger partial charge in [-0.25, -0.2) is 4.98 Å². The topological polar surface area (TPSA) is 50.9 Å². The maximum Gasteiger partial charge on any atom is 0.126 e. The molecule has 3 N–H and O–H groups in total. The van der Waals surface area contributed by atoms with Crippen LogP contribution in [-0.4, -0.2) is 11.5 Å². The van der Waals surface area contributed by atoms with Crippen molar-refractivity contribution < 1.29 is 0 Å². The molecule has 102 valence electrons. The number of nitrogens with two attached hydrogens (primary N) is 1. The molecule has 0 spiro atoms. The van der Waals surface area contributed by atoms with Gasteiger partial charge in [0.1, 0.15) is 5.82 Å². The minimum absolute atomic E-state index is 0.294. The Hall–Kier alpha value is -0.910. The maximum absolute atomic E-state index is 5.94. The molecule has 0 aliphatic rings. The van der Waals surface area contributed by atoms with Crippen LogP contribution in [-0.2, 0) is 6.42 Å². The Morgan fingerprint density at radius 2 is 2.26 bits per heavy atom. The van der Waals surface area contributed by atoms with Gasteiger partial charge < -0.3 is 11.1 Å². The highest BCUT2D eigenvalue weighted by Crippen LogP contribution is 2.30. The van der Waals surface area contributed by atoms with Gasteiger partial charge in [0.25, 0.3) is 0 Å². The Kier molecular flexibility index (Phi) is 5.36. The number of rotatable bonds is 6. The lowest BCUT2D eigenvalue weighted by Crippen LogP contribution is -2.23. The van der Waals surface area contributed by atoms with Gasteiger partial charge in [0.2, 0.25) is 0 Å². The van der Waals surface area contributed by atoms with Gasteiger partial charge in [-0.3, -0.25) is 0 Å². The second-order valence-electron chi connectivity index (χ2n) is 4.40. The van der Waals surface area contributed by atoms with E-state index in [2.05, 4.69) is 45.3 Å². The highest BCUT2D eigenvalue weighted by molar-refractivity contribution is 9.11. The summed E-state index contributed by atoms with van der Waals surface area (Å²) in [6.45, 7) is 3.17. The monoisotopic (exact) mass is 339 g/mol. The summed E-state index contributed by atoms with van der Waals surface area (Å²) in [6, 6.07) is 8.53. The van der Waals surface area contributed by atoms with Crippen LogP contribution in [0.25, 0.3) is 0 Å². The Labute approximate surface area is 126 Å². The molecule has 0 saturated heterocycles. The van der Waals surface area contributed by atoms with Crippen LogP contribution in [0.1, 0.15) is 29.8 Å². The standard InChI is InChI=1S/C14H18BrN3S/c1-2-7-17-11(12-5-6-13(15)19-12)9-10-4-3-8-18-14(10)16/h3-6,8,11,17H,2,7,9H2,1H3,(H2,16,18). The number of thiophene rings is 1. The summed E-state index contributed by atoms with van der Waals surface area (Å²) in [6.07, 6.45) is 3.72. The molecule has 1 unspecified atom stereocenters. The normalized spacial score (nSPS) is 12.5. The Morgan fingerprint density at radius 3 is 2.89 bits per heavy atom. The second kappa shape index (κ2) is 7.03. The zero-order valence-electron chi connectivity index (χ0n) is 10.9. The van der Waals surface area contributed by atoms with Crippen LogP contribution in [0.4, 0.5) is 5.82 Å². The molecule has 0 bridgehead atoms. The van der Waals surface area contributed by atoms with E-state index < -0.39 is 0 Å². The van der Waals surface area contributed by atoms with Crippen LogP contribution in [0.3, 0.4) is 0 Å². The van der Waals surface area contributed by atoms with Crippen LogP contribution in [0, 0.1) is 0 Å². The lowest BCUT2D eigenvalue weighted by molar-refractivity contribution is 0.536. The highest BCUT2D eigenvalue weighted by Gasteiger charge is 2.15. The third kappa shape index (κ3) is 4.03. The Bertz CT molecular complexity index is 527. The van der Waals surface area contributed by atoms with E-state index in [1.807, 2.05) is 12.1 Å². The van der Waals surface area contributed by atoms with Crippen LogP contribution in [0.5, 0.6) is 0 Å². The molecule has 0 aromatic carbocycles. The summed E-state index contributed by atoms with van der Waals surface area (Å²) in [4.78, 5) is 5.48.